The third kappa shape index (κ3) is 2.75. The van der Waals surface area contributed by atoms with Crippen molar-refractivity contribution in [2.45, 2.75) is 44.6 Å². The standard InChI is InChI=1S/C18H21NO3/c1-2-4-18-16(3-1)17(19-22-18)12-21-15-7-5-13(6-8-15)14-9-10-20-11-14/h5-8,14H,1-4,9-12H2/t14-/m0/s1. The molecule has 0 unspecified atom stereocenters. The van der Waals surface area contributed by atoms with E-state index < -0.39 is 0 Å². The molecule has 4 heteroatoms. The van der Waals surface area contributed by atoms with Crippen molar-refractivity contribution in [1.82, 2.24) is 5.16 Å². The van der Waals surface area contributed by atoms with Gasteiger partial charge in [-0.1, -0.05) is 17.3 Å². The Morgan fingerprint density at radius 2 is 2.00 bits per heavy atom. The van der Waals surface area contributed by atoms with Crippen LogP contribution in [0.3, 0.4) is 0 Å². The van der Waals surface area contributed by atoms with Gasteiger partial charge in [-0.25, -0.2) is 0 Å². The topological polar surface area (TPSA) is 44.5 Å². The first-order chi connectivity index (χ1) is 10.9. The summed E-state index contributed by atoms with van der Waals surface area (Å²) in [5.74, 6) is 2.48. The zero-order chi connectivity index (χ0) is 14.8. The molecule has 0 saturated carbocycles. The molecule has 1 aliphatic carbocycles. The minimum atomic E-state index is 0.491. The second kappa shape index (κ2) is 6.13. The van der Waals surface area contributed by atoms with E-state index >= 15 is 0 Å². The van der Waals surface area contributed by atoms with Crippen LogP contribution in [0.25, 0.3) is 0 Å². The number of hydrogen-bond acceptors (Lipinski definition) is 4. The molecule has 0 amide bonds. The number of benzene rings is 1. The van der Waals surface area contributed by atoms with Gasteiger partial charge >= 0.3 is 0 Å². The maximum atomic E-state index is 5.88. The monoisotopic (exact) mass is 299 g/mol. The molecule has 1 saturated heterocycles. The minimum absolute atomic E-state index is 0.491. The summed E-state index contributed by atoms with van der Waals surface area (Å²) in [6.45, 7) is 2.20. The molecule has 2 heterocycles. The summed E-state index contributed by atoms with van der Waals surface area (Å²) in [4.78, 5) is 0. The van der Waals surface area contributed by atoms with Crippen molar-refractivity contribution in [2.24, 2.45) is 0 Å². The van der Waals surface area contributed by atoms with Gasteiger partial charge in [0.05, 0.1) is 6.61 Å². The summed E-state index contributed by atoms with van der Waals surface area (Å²) in [5, 5.41) is 4.18. The molecule has 0 radical (unpaired) electrons. The summed E-state index contributed by atoms with van der Waals surface area (Å²) >= 11 is 0. The van der Waals surface area contributed by atoms with Crippen molar-refractivity contribution in [3.8, 4) is 5.75 Å². The number of aromatic nitrogens is 1. The van der Waals surface area contributed by atoms with E-state index in [-0.39, 0.29) is 0 Å². The normalized spacial score (nSPS) is 20.8. The molecule has 1 fully saturated rings. The van der Waals surface area contributed by atoms with E-state index in [0.29, 0.717) is 12.5 Å². The van der Waals surface area contributed by atoms with Crippen LogP contribution < -0.4 is 4.74 Å². The molecule has 2 aliphatic rings. The van der Waals surface area contributed by atoms with Crippen molar-refractivity contribution >= 4 is 0 Å². The molecule has 1 aromatic heterocycles. The van der Waals surface area contributed by atoms with Gasteiger partial charge in [-0.05, 0) is 43.4 Å². The number of aryl methyl sites for hydroxylation is 1. The van der Waals surface area contributed by atoms with Gasteiger partial charge in [0, 0.05) is 24.5 Å². The lowest BCUT2D eigenvalue weighted by Crippen LogP contribution is -2.04. The lowest BCUT2D eigenvalue weighted by molar-refractivity contribution is 0.194. The smallest absolute Gasteiger partial charge is 0.140 e. The van der Waals surface area contributed by atoms with Gasteiger partial charge in [0.15, 0.2) is 0 Å². The van der Waals surface area contributed by atoms with Crippen LogP contribution in [0.2, 0.25) is 0 Å². The van der Waals surface area contributed by atoms with Crippen molar-refractivity contribution in [1.29, 1.82) is 0 Å². The minimum Gasteiger partial charge on any atom is -0.487 e. The van der Waals surface area contributed by atoms with Crippen LogP contribution in [0.4, 0.5) is 0 Å². The van der Waals surface area contributed by atoms with Gasteiger partial charge in [0.2, 0.25) is 0 Å². The van der Waals surface area contributed by atoms with E-state index in [1.165, 1.54) is 24.0 Å². The van der Waals surface area contributed by atoms with E-state index in [4.69, 9.17) is 14.0 Å². The number of hydrogen-bond donors (Lipinski definition) is 0. The second-order valence-electron chi connectivity index (χ2n) is 6.16. The summed E-state index contributed by atoms with van der Waals surface area (Å²) in [5.41, 5.74) is 3.57. The van der Waals surface area contributed by atoms with E-state index in [0.717, 1.165) is 49.7 Å². The van der Waals surface area contributed by atoms with Crippen molar-refractivity contribution < 1.29 is 14.0 Å². The lowest BCUT2D eigenvalue weighted by atomic mass is 9.97. The quantitative estimate of drug-likeness (QED) is 0.864. The molecular weight excluding hydrogens is 278 g/mol. The summed E-state index contributed by atoms with van der Waals surface area (Å²) < 4.78 is 16.7. The van der Waals surface area contributed by atoms with Gasteiger partial charge in [-0.3, -0.25) is 0 Å². The number of ether oxygens (including phenoxy) is 2. The Hall–Kier alpha value is -1.81. The SMILES string of the molecule is c1cc([C@H]2CCOC2)ccc1OCc1noc2c1CCCC2. The second-order valence-corrected chi connectivity index (χ2v) is 6.16. The van der Waals surface area contributed by atoms with Gasteiger partial charge in [-0.2, -0.15) is 0 Å². The molecule has 0 spiro atoms. The van der Waals surface area contributed by atoms with Crippen LogP contribution in [0.15, 0.2) is 28.8 Å². The van der Waals surface area contributed by atoms with Gasteiger partial charge in [0.1, 0.15) is 23.8 Å². The largest absolute Gasteiger partial charge is 0.487 e. The predicted octanol–water partition coefficient (Wildman–Crippen LogP) is 3.64. The lowest BCUT2D eigenvalue weighted by Gasteiger charge is -2.11. The molecule has 1 aliphatic heterocycles. The fourth-order valence-electron chi connectivity index (χ4n) is 3.35. The van der Waals surface area contributed by atoms with Crippen LogP contribution in [-0.4, -0.2) is 18.4 Å². The summed E-state index contributed by atoms with van der Waals surface area (Å²) in [7, 11) is 0. The first-order valence-corrected chi connectivity index (χ1v) is 8.17. The highest BCUT2D eigenvalue weighted by Crippen LogP contribution is 2.28. The maximum absolute atomic E-state index is 5.88. The van der Waals surface area contributed by atoms with Gasteiger partial charge < -0.3 is 14.0 Å². The molecule has 2 aromatic rings. The molecule has 0 bridgehead atoms. The first-order valence-electron chi connectivity index (χ1n) is 8.17. The average molecular weight is 299 g/mol. The van der Waals surface area contributed by atoms with E-state index in [2.05, 4.69) is 17.3 Å². The Labute approximate surface area is 130 Å². The number of rotatable bonds is 4. The van der Waals surface area contributed by atoms with Crippen molar-refractivity contribution in [3.05, 3.63) is 46.8 Å². The van der Waals surface area contributed by atoms with Crippen LogP contribution >= 0.6 is 0 Å². The van der Waals surface area contributed by atoms with E-state index in [9.17, 15) is 0 Å². The highest BCUT2D eigenvalue weighted by Gasteiger charge is 2.20. The average Bonchev–Trinajstić information content (AvgIpc) is 3.23. The molecule has 22 heavy (non-hydrogen) atoms. The third-order valence-corrected chi connectivity index (χ3v) is 4.69. The number of nitrogens with zero attached hydrogens (tertiary/aromatic N) is 1. The molecule has 0 N–H and O–H groups in total. The Bertz CT molecular complexity index is 626. The van der Waals surface area contributed by atoms with Crippen molar-refractivity contribution in [3.63, 3.8) is 0 Å². The Morgan fingerprint density at radius 3 is 2.82 bits per heavy atom. The zero-order valence-corrected chi connectivity index (χ0v) is 12.7. The predicted molar refractivity (Wildman–Crippen MR) is 82.1 cm³/mol. The van der Waals surface area contributed by atoms with Gasteiger partial charge in [-0.15, -0.1) is 0 Å². The fourth-order valence-corrected chi connectivity index (χ4v) is 3.35. The third-order valence-electron chi connectivity index (χ3n) is 4.69. The van der Waals surface area contributed by atoms with E-state index in [1.54, 1.807) is 0 Å². The molecule has 116 valence electrons. The zero-order valence-electron chi connectivity index (χ0n) is 12.7. The number of fused-ring (bicyclic) bond motifs is 1. The van der Waals surface area contributed by atoms with Crippen molar-refractivity contribution in [2.75, 3.05) is 13.2 Å². The Morgan fingerprint density at radius 1 is 1.14 bits per heavy atom. The maximum Gasteiger partial charge on any atom is 0.140 e. The van der Waals surface area contributed by atoms with Crippen LogP contribution in [0.1, 0.15) is 47.8 Å². The molecule has 1 atom stereocenters. The Balaban J connectivity index is 1.40. The molecule has 4 rings (SSSR count). The summed E-state index contributed by atoms with van der Waals surface area (Å²) in [6, 6.07) is 8.38. The molecule has 4 nitrogen and oxygen atoms in total. The highest BCUT2D eigenvalue weighted by atomic mass is 16.5. The van der Waals surface area contributed by atoms with Crippen LogP contribution in [0.5, 0.6) is 5.75 Å². The molecule has 1 aromatic carbocycles. The summed E-state index contributed by atoms with van der Waals surface area (Å²) in [6.07, 6.45) is 5.62. The molecular formula is C18H21NO3. The Kier molecular flexibility index (Phi) is 3.85. The highest BCUT2D eigenvalue weighted by molar-refractivity contribution is 5.31. The van der Waals surface area contributed by atoms with Gasteiger partial charge in [0.25, 0.3) is 0 Å². The van der Waals surface area contributed by atoms with Crippen LogP contribution in [0, 0.1) is 0 Å². The fraction of sp³-hybridized carbons (Fsp3) is 0.500. The van der Waals surface area contributed by atoms with Crippen LogP contribution in [-0.2, 0) is 24.2 Å². The van der Waals surface area contributed by atoms with E-state index in [1.807, 2.05) is 12.1 Å². The first kappa shape index (κ1) is 13.8.